The zero-order valence-electron chi connectivity index (χ0n) is 15.9. The van der Waals surface area contributed by atoms with E-state index in [2.05, 4.69) is 38.1 Å². The van der Waals surface area contributed by atoms with Crippen molar-refractivity contribution in [2.75, 3.05) is 0 Å². The summed E-state index contributed by atoms with van der Waals surface area (Å²) in [6.45, 7) is 12.6. The predicted octanol–water partition coefficient (Wildman–Crippen LogP) is 7.37. The summed E-state index contributed by atoms with van der Waals surface area (Å²) < 4.78 is 0. The van der Waals surface area contributed by atoms with Gasteiger partial charge in [-0.05, 0) is 61.8 Å². The van der Waals surface area contributed by atoms with Crippen molar-refractivity contribution in [2.45, 2.75) is 86.0 Å². The Bertz CT molecular complexity index is 389. The Morgan fingerprint density at radius 3 is 2.00 bits per heavy atom. The zero-order valence-corrected chi connectivity index (χ0v) is 15.9. The van der Waals surface area contributed by atoms with E-state index in [1.807, 2.05) is 27.7 Å². The highest BCUT2D eigenvalue weighted by atomic mass is 14.4. The van der Waals surface area contributed by atoms with E-state index in [0.717, 1.165) is 23.7 Å². The number of fused-ring (bicyclic) bond motifs is 1. The van der Waals surface area contributed by atoms with Gasteiger partial charge in [-0.2, -0.15) is 0 Å². The molecule has 1 aromatic rings. The van der Waals surface area contributed by atoms with Crippen LogP contribution in [-0.2, 0) is 0 Å². The van der Waals surface area contributed by atoms with Crippen LogP contribution >= 0.6 is 0 Å². The number of benzene rings is 1. The fraction of sp³-hybridized carbons (Fsp3) is 0.727. The normalized spacial score (nSPS) is 29.5. The third-order valence-electron chi connectivity index (χ3n) is 5.55. The van der Waals surface area contributed by atoms with E-state index in [1.54, 1.807) is 5.56 Å². The van der Waals surface area contributed by atoms with Gasteiger partial charge in [-0.1, -0.05) is 77.3 Å². The third-order valence-corrected chi connectivity index (χ3v) is 5.55. The molecule has 126 valence electrons. The Balaban J connectivity index is 0.000000561. The second-order valence-corrected chi connectivity index (χ2v) is 6.69. The molecular formula is C22H38. The molecule has 2 aliphatic rings. The van der Waals surface area contributed by atoms with E-state index in [0.29, 0.717) is 0 Å². The minimum absolute atomic E-state index is 0.858. The van der Waals surface area contributed by atoms with Crippen molar-refractivity contribution >= 4 is 0 Å². The van der Waals surface area contributed by atoms with Gasteiger partial charge in [0.1, 0.15) is 0 Å². The molecule has 0 heteroatoms. The fourth-order valence-corrected chi connectivity index (χ4v) is 4.33. The topological polar surface area (TPSA) is 0 Å². The van der Waals surface area contributed by atoms with Crippen molar-refractivity contribution in [3.05, 3.63) is 35.4 Å². The largest absolute Gasteiger partial charge is 0.0683 e. The zero-order chi connectivity index (χ0) is 16.5. The molecule has 0 heterocycles. The summed E-state index contributed by atoms with van der Waals surface area (Å²) in [6, 6.07) is 9.31. The van der Waals surface area contributed by atoms with Gasteiger partial charge in [-0.3, -0.25) is 0 Å². The van der Waals surface area contributed by atoms with E-state index in [1.165, 1.54) is 44.1 Å². The molecule has 4 unspecified atom stereocenters. The van der Waals surface area contributed by atoms with Gasteiger partial charge in [-0.15, -0.1) is 0 Å². The van der Waals surface area contributed by atoms with Crippen molar-refractivity contribution in [2.24, 2.45) is 17.8 Å². The quantitative estimate of drug-likeness (QED) is 0.535. The lowest BCUT2D eigenvalue weighted by atomic mass is 9.75. The van der Waals surface area contributed by atoms with Gasteiger partial charge >= 0.3 is 0 Å². The molecule has 0 bridgehead atoms. The third kappa shape index (κ3) is 4.86. The summed E-state index contributed by atoms with van der Waals surface area (Å²) in [6.07, 6.45) is 8.85. The van der Waals surface area contributed by atoms with Crippen molar-refractivity contribution < 1.29 is 0 Å². The Morgan fingerprint density at radius 1 is 0.818 bits per heavy atom. The Labute approximate surface area is 139 Å². The van der Waals surface area contributed by atoms with Crippen LogP contribution in [0, 0.1) is 24.7 Å². The number of rotatable bonds is 2. The average Bonchev–Trinajstić information content (AvgIpc) is 3.02. The lowest BCUT2D eigenvalue weighted by molar-refractivity contribution is 0.204. The highest BCUT2D eigenvalue weighted by Gasteiger charge is 2.38. The summed E-state index contributed by atoms with van der Waals surface area (Å²) in [5.41, 5.74) is 2.99. The summed E-state index contributed by atoms with van der Waals surface area (Å²) in [5, 5.41) is 0. The van der Waals surface area contributed by atoms with Crippen molar-refractivity contribution in [1.82, 2.24) is 0 Å². The van der Waals surface area contributed by atoms with Crippen LogP contribution in [0.4, 0.5) is 0 Å². The van der Waals surface area contributed by atoms with E-state index in [-0.39, 0.29) is 0 Å². The maximum atomic E-state index is 2.37. The van der Waals surface area contributed by atoms with Crippen LogP contribution in [0.15, 0.2) is 24.3 Å². The molecule has 0 aliphatic heterocycles. The van der Waals surface area contributed by atoms with E-state index in [4.69, 9.17) is 0 Å². The monoisotopic (exact) mass is 302 g/mol. The minimum atomic E-state index is 0.858. The average molecular weight is 303 g/mol. The summed E-state index contributed by atoms with van der Waals surface area (Å²) in [5.74, 6) is 3.97. The first kappa shape index (κ1) is 19.3. The van der Waals surface area contributed by atoms with Crippen LogP contribution < -0.4 is 0 Å². The molecule has 0 radical (unpaired) electrons. The van der Waals surface area contributed by atoms with Crippen LogP contribution in [0.25, 0.3) is 0 Å². The van der Waals surface area contributed by atoms with Crippen LogP contribution in [0.5, 0.6) is 0 Å². The molecule has 3 rings (SSSR count). The summed E-state index contributed by atoms with van der Waals surface area (Å²) in [7, 11) is 0. The molecule has 2 fully saturated rings. The number of hydrogen-bond acceptors (Lipinski definition) is 0. The molecule has 2 aliphatic carbocycles. The molecule has 22 heavy (non-hydrogen) atoms. The first-order valence-electron chi connectivity index (χ1n) is 9.82. The molecule has 1 aromatic carbocycles. The maximum Gasteiger partial charge on any atom is -0.0156 e. The highest BCUT2D eigenvalue weighted by molar-refractivity contribution is 5.25. The van der Waals surface area contributed by atoms with Crippen LogP contribution in [0.3, 0.4) is 0 Å². The first-order valence-corrected chi connectivity index (χ1v) is 9.82. The van der Waals surface area contributed by atoms with Gasteiger partial charge in [0.15, 0.2) is 0 Å². The van der Waals surface area contributed by atoms with Gasteiger partial charge < -0.3 is 0 Å². The molecule has 4 atom stereocenters. The van der Waals surface area contributed by atoms with Crippen molar-refractivity contribution in [3.63, 3.8) is 0 Å². The van der Waals surface area contributed by atoms with E-state index >= 15 is 0 Å². The van der Waals surface area contributed by atoms with E-state index < -0.39 is 0 Å². The molecule has 0 aromatic heterocycles. The molecular weight excluding hydrogens is 264 g/mol. The van der Waals surface area contributed by atoms with Crippen molar-refractivity contribution in [1.29, 1.82) is 0 Å². The Hall–Kier alpha value is -0.780. The second kappa shape index (κ2) is 10.1. The Kier molecular flexibility index (Phi) is 8.83. The summed E-state index contributed by atoms with van der Waals surface area (Å²) in [4.78, 5) is 0. The molecule has 0 spiro atoms. The van der Waals surface area contributed by atoms with Crippen LogP contribution in [0.1, 0.15) is 90.2 Å². The van der Waals surface area contributed by atoms with Gasteiger partial charge in [-0.25, -0.2) is 0 Å². The van der Waals surface area contributed by atoms with Gasteiger partial charge in [0.25, 0.3) is 0 Å². The smallest absolute Gasteiger partial charge is 0.0156 e. The molecule has 0 nitrogen and oxygen atoms in total. The molecule has 0 saturated heterocycles. The van der Waals surface area contributed by atoms with Gasteiger partial charge in [0, 0.05) is 0 Å². The molecule has 0 N–H and O–H groups in total. The maximum absolute atomic E-state index is 2.37. The van der Waals surface area contributed by atoms with Crippen molar-refractivity contribution in [3.8, 4) is 0 Å². The number of aryl methyl sites for hydroxylation is 1. The number of hydrogen-bond donors (Lipinski definition) is 0. The lowest BCUT2D eigenvalue weighted by Gasteiger charge is -2.31. The SMILES string of the molecule is CC.CC.CCC1CCC2CC(c3ccc(C)cc3)CC2C1. The second-order valence-electron chi connectivity index (χ2n) is 6.69. The molecule has 2 saturated carbocycles. The Morgan fingerprint density at radius 2 is 1.41 bits per heavy atom. The minimum Gasteiger partial charge on any atom is -0.0683 e. The predicted molar refractivity (Wildman–Crippen MR) is 100 cm³/mol. The summed E-state index contributed by atoms with van der Waals surface area (Å²) >= 11 is 0. The molecule has 0 amide bonds. The highest BCUT2D eigenvalue weighted by Crippen LogP contribution is 2.50. The van der Waals surface area contributed by atoms with Crippen LogP contribution in [-0.4, -0.2) is 0 Å². The van der Waals surface area contributed by atoms with Gasteiger partial charge in [0.05, 0.1) is 0 Å². The first-order chi connectivity index (χ1) is 10.8. The van der Waals surface area contributed by atoms with Crippen LogP contribution in [0.2, 0.25) is 0 Å². The van der Waals surface area contributed by atoms with Gasteiger partial charge in [0.2, 0.25) is 0 Å². The fourth-order valence-electron chi connectivity index (χ4n) is 4.33. The van der Waals surface area contributed by atoms with E-state index in [9.17, 15) is 0 Å². The standard InChI is InChI=1S/C18H26.2C2H6/c1-3-14-6-9-16-11-18(12-17(16)10-14)15-7-4-13(2)5-8-15;2*1-2/h4-5,7-8,14,16-18H,3,6,9-12H2,1-2H3;2*1-2H3. The lowest BCUT2D eigenvalue weighted by Crippen LogP contribution is -2.19.